The fourth-order valence-electron chi connectivity index (χ4n) is 3.09. The number of hydrogen-bond acceptors (Lipinski definition) is 3. The Morgan fingerprint density at radius 1 is 0.957 bits per heavy atom. The minimum absolute atomic E-state index is 0.0473. The molecule has 5 heteroatoms. The van der Waals surface area contributed by atoms with E-state index in [2.05, 4.69) is 16.7 Å². The topological polar surface area (TPSA) is 82.0 Å². The van der Waals surface area contributed by atoms with Crippen LogP contribution in [0.1, 0.15) is 44.1 Å². The highest BCUT2D eigenvalue weighted by molar-refractivity contribution is 5.94. The van der Waals surface area contributed by atoms with Crippen molar-refractivity contribution in [3.8, 4) is 6.07 Å². The molecule has 3 rings (SSSR count). The van der Waals surface area contributed by atoms with Crippen LogP contribution in [0.4, 0.5) is 5.69 Å². The van der Waals surface area contributed by atoms with Crippen molar-refractivity contribution in [2.24, 2.45) is 11.8 Å². The Hall–Kier alpha value is -2.35. The van der Waals surface area contributed by atoms with Gasteiger partial charge in [0.1, 0.15) is 6.07 Å². The average molecular weight is 311 g/mol. The molecular weight excluding hydrogens is 290 g/mol. The maximum Gasteiger partial charge on any atom is 0.227 e. The van der Waals surface area contributed by atoms with E-state index < -0.39 is 0 Å². The molecule has 23 heavy (non-hydrogen) atoms. The molecule has 2 aliphatic carbocycles. The Balaban J connectivity index is 1.52. The summed E-state index contributed by atoms with van der Waals surface area (Å²) in [6.07, 6.45) is 5.17. The molecule has 0 aromatic heterocycles. The number of amides is 2. The van der Waals surface area contributed by atoms with Gasteiger partial charge in [-0.2, -0.15) is 5.26 Å². The molecule has 2 amide bonds. The molecule has 2 aliphatic rings. The van der Waals surface area contributed by atoms with Gasteiger partial charge in [0.15, 0.2) is 0 Å². The number of anilines is 1. The predicted octanol–water partition coefficient (Wildman–Crippen LogP) is 2.58. The lowest BCUT2D eigenvalue weighted by molar-refractivity contribution is -0.128. The van der Waals surface area contributed by atoms with Crippen LogP contribution in [-0.2, 0) is 9.59 Å². The molecule has 120 valence electrons. The van der Waals surface area contributed by atoms with Crippen molar-refractivity contribution < 1.29 is 9.59 Å². The van der Waals surface area contributed by atoms with Gasteiger partial charge in [0, 0.05) is 17.9 Å². The van der Waals surface area contributed by atoms with Crippen molar-refractivity contribution in [3.05, 3.63) is 29.8 Å². The van der Waals surface area contributed by atoms with E-state index in [4.69, 9.17) is 5.26 Å². The zero-order valence-corrected chi connectivity index (χ0v) is 13.0. The smallest absolute Gasteiger partial charge is 0.227 e. The molecule has 1 aromatic carbocycles. The molecule has 0 unspecified atom stereocenters. The highest BCUT2D eigenvalue weighted by Crippen LogP contribution is 2.31. The Labute approximate surface area is 136 Å². The standard InChI is InChI=1S/C18H21N3O2/c19-11-14-3-1-2-4-16(14)21-18(23)13-7-5-12(6-8-13)17(22)20-15-9-10-15/h1-4,12-13,15H,5-10H2,(H,20,22)(H,21,23). The molecule has 2 N–H and O–H groups in total. The summed E-state index contributed by atoms with van der Waals surface area (Å²) in [6.45, 7) is 0. The summed E-state index contributed by atoms with van der Waals surface area (Å²) in [7, 11) is 0. The van der Waals surface area contributed by atoms with Gasteiger partial charge in [0.05, 0.1) is 11.3 Å². The summed E-state index contributed by atoms with van der Waals surface area (Å²) in [4.78, 5) is 24.4. The average Bonchev–Trinajstić information content (AvgIpc) is 3.39. The number of para-hydroxylation sites is 1. The molecule has 2 saturated carbocycles. The first-order valence-electron chi connectivity index (χ1n) is 8.27. The Bertz CT molecular complexity index is 638. The summed E-state index contributed by atoms with van der Waals surface area (Å²) in [5, 5.41) is 15.0. The van der Waals surface area contributed by atoms with E-state index in [0.29, 0.717) is 17.3 Å². The van der Waals surface area contributed by atoms with Crippen molar-refractivity contribution in [2.75, 3.05) is 5.32 Å². The molecule has 2 fully saturated rings. The molecule has 0 spiro atoms. The highest BCUT2D eigenvalue weighted by Gasteiger charge is 2.32. The summed E-state index contributed by atoms with van der Waals surface area (Å²) in [5.41, 5.74) is 1.03. The third-order valence-corrected chi connectivity index (χ3v) is 4.70. The lowest BCUT2D eigenvalue weighted by atomic mass is 9.81. The predicted molar refractivity (Wildman–Crippen MR) is 86.4 cm³/mol. The number of nitrogens with zero attached hydrogens (tertiary/aromatic N) is 1. The van der Waals surface area contributed by atoms with Gasteiger partial charge in [-0.3, -0.25) is 9.59 Å². The maximum absolute atomic E-state index is 12.4. The van der Waals surface area contributed by atoms with E-state index in [1.165, 1.54) is 0 Å². The van der Waals surface area contributed by atoms with Gasteiger partial charge in [0.25, 0.3) is 0 Å². The minimum Gasteiger partial charge on any atom is -0.353 e. The van der Waals surface area contributed by atoms with Crippen molar-refractivity contribution in [1.82, 2.24) is 5.32 Å². The van der Waals surface area contributed by atoms with E-state index in [1.807, 2.05) is 0 Å². The van der Waals surface area contributed by atoms with Crippen LogP contribution in [0.2, 0.25) is 0 Å². The number of hydrogen-bond donors (Lipinski definition) is 2. The number of nitriles is 1. The lowest BCUT2D eigenvalue weighted by Gasteiger charge is -2.27. The Morgan fingerprint density at radius 3 is 2.17 bits per heavy atom. The normalized spacial score (nSPS) is 23.6. The Kier molecular flexibility index (Phi) is 4.61. The lowest BCUT2D eigenvalue weighted by Crippen LogP contribution is -2.36. The van der Waals surface area contributed by atoms with Crippen LogP contribution in [0.3, 0.4) is 0 Å². The van der Waals surface area contributed by atoms with Crippen LogP contribution in [0, 0.1) is 23.2 Å². The summed E-state index contributed by atoms with van der Waals surface area (Å²) in [5.74, 6) is 0.0766. The van der Waals surface area contributed by atoms with E-state index >= 15 is 0 Å². The summed E-state index contributed by atoms with van der Waals surface area (Å²) >= 11 is 0. The molecule has 0 atom stereocenters. The Morgan fingerprint density at radius 2 is 1.57 bits per heavy atom. The van der Waals surface area contributed by atoms with Crippen LogP contribution in [-0.4, -0.2) is 17.9 Å². The van der Waals surface area contributed by atoms with Crippen molar-refractivity contribution in [3.63, 3.8) is 0 Å². The van der Waals surface area contributed by atoms with Crippen molar-refractivity contribution in [2.45, 2.75) is 44.6 Å². The third kappa shape index (κ3) is 3.89. The first kappa shape index (κ1) is 15.5. The van der Waals surface area contributed by atoms with Crippen LogP contribution in [0.15, 0.2) is 24.3 Å². The molecule has 1 aromatic rings. The van der Waals surface area contributed by atoms with Gasteiger partial charge >= 0.3 is 0 Å². The SMILES string of the molecule is N#Cc1ccccc1NC(=O)C1CCC(C(=O)NC2CC2)CC1. The van der Waals surface area contributed by atoms with Crippen LogP contribution >= 0.6 is 0 Å². The molecule has 0 aliphatic heterocycles. The molecular formula is C18H21N3O2. The number of benzene rings is 1. The highest BCUT2D eigenvalue weighted by atomic mass is 16.2. The van der Waals surface area contributed by atoms with Crippen molar-refractivity contribution >= 4 is 17.5 Å². The number of carbonyl (C=O) groups excluding carboxylic acids is 2. The number of rotatable bonds is 4. The van der Waals surface area contributed by atoms with Crippen molar-refractivity contribution in [1.29, 1.82) is 5.26 Å². The molecule has 0 radical (unpaired) electrons. The van der Waals surface area contributed by atoms with E-state index in [9.17, 15) is 9.59 Å². The first-order chi connectivity index (χ1) is 11.2. The zero-order chi connectivity index (χ0) is 16.2. The van der Waals surface area contributed by atoms with Gasteiger partial charge in [-0.1, -0.05) is 12.1 Å². The van der Waals surface area contributed by atoms with Gasteiger partial charge in [-0.25, -0.2) is 0 Å². The quantitative estimate of drug-likeness (QED) is 0.896. The van der Waals surface area contributed by atoms with E-state index in [1.54, 1.807) is 24.3 Å². The molecule has 5 nitrogen and oxygen atoms in total. The first-order valence-corrected chi connectivity index (χ1v) is 8.27. The third-order valence-electron chi connectivity index (χ3n) is 4.70. The van der Waals surface area contributed by atoms with E-state index in [-0.39, 0.29) is 23.7 Å². The van der Waals surface area contributed by atoms with Gasteiger partial charge in [0.2, 0.25) is 11.8 Å². The minimum atomic E-state index is -0.0771. The molecule has 0 saturated heterocycles. The second-order valence-electron chi connectivity index (χ2n) is 6.48. The number of nitrogens with one attached hydrogen (secondary N) is 2. The molecule has 0 bridgehead atoms. The zero-order valence-electron chi connectivity index (χ0n) is 13.0. The second-order valence-corrected chi connectivity index (χ2v) is 6.48. The van der Waals surface area contributed by atoms with E-state index in [0.717, 1.165) is 38.5 Å². The largest absolute Gasteiger partial charge is 0.353 e. The summed E-state index contributed by atoms with van der Waals surface area (Å²) in [6, 6.07) is 9.48. The van der Waals surface area contributed by atoms with Crippen LogP contribution in [0.25, 0.3) is 0 Å². The fraction of sp³-hybridized carbons (Fsp3) is 0.500. The fourth-order valence-corrected chi connectivity index (χ4v) is 3.09. The van der Waals surface area contributed by atoms with Crippen LogP contribution < -0.4 is 10.6 Å². The van der Waals surface area contributed by atoms with Gasteiger partial charge in [-0.15, -0.1) is 0 Å². The summed E-state index contributed by atoms with van der Waals surface area (Å²) < 4.78 is 0. The second kappa shape index (κ2) is 6.82. The van der Waals surface area contributed by atoms with Crippen LogP contribution in [0.5, 0.6) is 0 Å². The van der Waals surface area contributed by atoms with Gasteiger partial charge in [-0.05, 0) is 50.7 Å². The molecule has 0 heterocycles. The number of carbonyl (C=O) groups is 2. The van der Waals surface area contributed by atoms with Gasteiger partial charge < -0.3 is 10.6 Å². The monoisotopic (exact) mass is 311 g/mol. The maximum atomic E-state index is 12.4.